The summed E-state index contributed by atoms with van der Waals surface area (Å²) in [5.41, 5.74) is 0.538. The third kappa shape index (κ3) is 4.25. The minimum Gasteiger partial charge on any atom is -0.387 e. The molecule has 5 rings (SSSR count). The van der Waals surface area contributed by atoms with Crippen LogP contribution < -0.4 is 5.32 Å². The van der Waals surface area contributed by atoms with Gasteiger partial charge in [-0.1, -0.05) is 25.9 Å². The van der Waals surface area contributed by atoms with Crippen molar-refractivity contribution < 1.29 is 28.6 Å². The Morgan fingerprint density at radius 2 is 1.82 bits per heavy atom. The molecule has 2 aliphatic heterocycles. The minimum absolute atomic E-state index is 0.0252. The fraction of sp³-hybridized carbons (Fsp3) is 0.650. The van der Waals surface area contributed by atoms with E-state index < -0.39 is 35.1 Å². The van der Waals surface area contributed by atoms with Gasteiger partial charge in [-0.3, -0.25) is 13.7 Å². The second-order valence-electron chi connectivity index (χ2n) is 9.81. The van der Waals surface area contributed by atoms with Crippen molar-refractivity contribution in [2.75, 3.05) is 16.8 Å². The van der Waals surface area contributed by atoms with Crippen molar-refractivity contribution in [1.29, 1.82) is 0 Å². The van der Waals surface area contributed by atoms with Crippen molar-refractivity contribution in [3.8, 4) is 0 Å². The van der Waals surface area contributed by atoms with Crippen molar-refractivity contribution in [3.05, 3.63) is 24.4 Å². The molecule has 3 aromatic rings. The first-order valence-electron chi connectivity index (χ1n) is 11.1. The van der Waals surface area contributed by atoms with E-state index in [4.69, 9.17) is 9.26 Å². The molecule has 5 heterocycles. The van der Waals surface area contributed by atoms with Crippen LogP contribution in [0.5, 0.6) is 0 Å². The molecule has 14 heteroatoms. The zero-order valence-corrected chi connectivity index (χ0v) is 19.9. The van der Waals surface area contributed by atoms with Crippen molar-refractivity contribution in [2.24, 2.45) is 0 Å². The van der Waals surface area contributed by atoms with Crippen LogP contribution >= 0.6 is 10.6 Å². The summed E-state index contributed by atoms with van der Waals surface area (Å²) < 4.78 is 32.5. The topological polar surface area (TPSA) is 185 Å². The predicted molar refractivity (Wildman–Crippen MR) is 122 cm³/mol. The van der Waals surface area contributed by atoms with Gasteiger partial charge in [0.25, 0.3) is 5.89 Å². The van der Waals surface area contributed by atoms with E-state index in [9.17, 15) is 19.3 Å². The zero-order chi connectivity index (χ0) is 24.3. The molecule has 186 valence electrons. The van der Waals surface area contributed by atoms with Gasteiger partial charge < -0.3 is 24.8 Å². The Kier molecular flexibility index (Phi) is 5.77. The van der Waals surface area contributed by atoms with E-state index in [1.54, 1.807) is 0 Å². The Morgan fingerprint density at radius 1 is 1.09 bits per heavy atom. The Hall–Kier alpha value is -2.36. The van der Waals surface area contributed by atoms with Gasteiger partial charge in [0.15, 0.2) is 35.1 Å². The summed E-state index contributed by atoms with van der Waals surface area (Å²) in [5.74, 6) is 1.76. The smallest absolute Gasteiger partial charge is 0.258 e. The van der Waals surface area contributed by atoms with E-state index in [1.807, 2.05) is 20.8 Å². The van der Waals surface area contributed by atoms with E-state index in [2.05, 4.69) is 30.4 Å². The molecular weight excluding hydrogens is 466 g/mol. The van der Waals surface area contributed by atoms with Crippen LogP contribution in [0.2, 0.25) is 0 Å². The predicted octanol–water partition coefficient (Wildman–Crippen LogP) is 1.82. The average molecular weight is 496 g/mol. The first kappa shape index (κ1) is 23.4. The standard InChI is InChI=1S/C20H29N7O6S/c1-20(2,3)19-25-17(33-26-19)14-12(28)13(29)18(32-14)27-9-23-11-15(21-8-22-16(11)27)24-10-4-6-34(30,31)7-5-10/h8-10,12-14,18,28-31H,4-7H2,1-3H3,(H,21,22,24)/t12-,13+,14-,18+/m0/s1. The highest BCUT2D eigenvalue weighted by Crippen LogP contribution is 2.44. The largest absolute Gasteiger partial charge is 0.387 e. The molecule has 2 saturated heterocycles. The molecule has 0 bridgehead atoms. The monoisotopic (exact) mass is 495 g/mol. The molecule has 0 radical (unpaired) electrons. The van der Waals surface area contributed by atoms with Crippen LogP contribution in [-0.4, -0.2) is 78.7 Å². The Bertz CT molecular complexity index is 1170. The first-order valence-corrected chi connectivity index (χ1v) is 13.0. The van der Waals surface area contributed by atoms with Gasteiger partial charge >= 0.3 is 0 Å². The summed E-state index contributed by atoms with van der Waals surface area (Å²) >= 11 is 0. The highest BCUT2D eigenvalue weighted by atomic mass is 32.3. The van der Waals surface area contributed by atoms with Crippen LogP contribution in [0.4, 0.5) is 5.82 Å². The number of anilines is 1. The zero-order valence-electron chi connectivity index (χ0n) is 19.1. The molecule has 2 aliphatic rings. The molecule has 0 aromatic carbocycles. The summed E-state index contributed by atoms with van der Waals surface area (Å²) in [6, 6.07) is 0.0252. The van der Waals surface area contributed by atoms with Gasteiger partial charge in [0.05, 0.1) is 6.33 Å². The maximum absolute atomic E-state index is 10.7. The number of nitrogens with one attached hydrogen (secondary N) is 1. The molecule has 0 saturated carbocycles. The number of imidazole rings is 1. The lowest BCUT2D eigenvalue weighted by molar-refractivity contribution is -0.0451. The normalized spacial score (nSPS) is 28.9. The van der Waals surface area contributed by atoms with Crippen molar-refractivity contribution in [3.63, 3.8) is 0 Å². The highest BCUT2D eigenvalue weighted by Gasteiger charge is 2.48. The van der Waals surface area contributed by atoms with E-state index in [1.165, 1.54) is 17.2 Å². The molecule has 34 heavy (non-hydrogen) atoms. The van der Waals surface area contributed by atoms with Gasteiger partial charge in [-0.25, -0.2) is 15.0 Å². The molecule has 4 atom stereocenters. The lowest BCUT2D eigenvalue weighted by Crippen LogP contribution is -2.30. The molecule has 0 amide bonds. The van der Waals surface area contributed by atoms with Crippen molar-refractivity contribution >= 4 is 27.6 Å². The van der Waals surface area contributed by atoms with Crippen molar-refractivity contribution in [2.45, 2.75) is 69.6 Å². The molecule has 5 N–H and O–H groups in total. The fourth-order valence-electron chi connectivity index (χ4n) is 4.14. The molecular formula is C20H29N7O6S. The summed E-state index contributed by atoms with van der Waals surface area (Å²) in [7, 11) is -2.48. The van der Waals surface area contributed by atoms with Crippen LogP contribution in [0.15, 0.2) is 17.2 Å². The summed E-state index contributed by atoms with van der Waals surface area (Å²) in [6.07, 6.45) is -0.523. The number of nitrogens with zero attached hydrogens (tertiary/aromatic N) is 6. The Labute approximate surface area is 196 Å². The van der Waals surface area contributed by atoms with Gasteiger partial charge in [0.2, 0.25) is 0 Å². The van der Waals surface area contributed by atoms with E-state index in [0.717, 1.165) is 0 Å². The third-order valence-corrected chi connectivity index (χ3v) is 7.93. The fourth-order valence-corrected chi connectivity index (χ4v) is 5.67. The first-order chi connectivity index (χ1) is 16.0. The van der Waals surface area contributed by atoms with E-state index >= 15 is 0 Å². The number of hydrogen-bond acceptors (Lipinski definition) is 12. The number of aliphatic hydroxyl groups excluding tert-OH is 2. The number of aromatic nitrogens is 6. The third-order valence-electron chi connectivity index (χ3n) is 6.15. The second kappa shape index (κ2) is 8.39. The molecule has 13 nitrogen and oxygen atoms in total. The van der Waals surface area contributed by atoms with Gasteiger partial charge in [0.1, 0.15) is 18.5 Å². The van der Waals surface area contributed by atoms with Crippen LogP contribution in [0.25, 0.3) is 11.2 Å². The minimum atomic E-state index is -2.48. The van der Waals surface area contributed by atoms with E-state index in [-0.39, 0.29) is 17.3 Å². The van der Waals surface area contributed by atoms with Crippen LogP contribution in [-0.2, 0) is 10.2 Å². The van der Waals surface area contributed by atoms with Crippen LogP contribution in [0.1, 0.15) is 57.7 Å². The maximum Gasteiger partial charge on any atom is 0.258 e. The quantitative estimate of drug-likeness (QED) is 0.354. The van der Waals surface area contributed by atoms with Gasteiger partial charge in [-0.2, -0.15) is 15.6 Å². The summed E-state index contributed by atoms with van der Waals surface area (Å²) in [5, 5.41) is 28.7. The molecule has 0 aliphatic carbocycles. The van der Waals surface area contributed by atoms with Crippen LogP contribution in [0.3, 0.4) is 0 Å². The average Bonchev–Trinajstić information content (AvgIpc) is 3.49. The molecule has 3 aromatic heterocycles. The SMILES string of the molecule is CC(C)(C)c1noc([C@H]2O[C@@H](n3cnc4c(NC5CCS(O)(O)CC5)ncnc43)[C@H](O)[C@@H]2O)n1. The van der Waals surface area contributed by atoms with Gasteiger partial charge in [-0.05, 0) is 12.8 Å². The number of ether oxygens (including phenoxy) is 1. The maximum atomic E-state index is 10.7. The molecule has 0 unspecified atom stereocenters. The lowest BCUT2D eigenvalue weighted by Gasteiger charge is -2.39. The van der Waals surface area contributed by atoms with Gasteiger partial charge in [0, 0.05) is 23.0 Å². The summed E-state index contributed by atoms with van der Waals surface area (Å²) in [4.78, 5) is 17.4. The van der Waals surface area contributed by atoms with Crippen LogP contribution in [0, 0.1) is 0 Å². The molecule has 0 spiro atoms. The summed E-state index contributed by atoms with van der Waals surface area (Å²) in [6.45, 7) is 5.81. The number of hydrogen-bond donors (Lipinski definition) is 5. The lowest BCUT2D eigenvalue weighted by atomic mass is 9.96. The van der Waals surface area contributed by atoms with Crippen molar-refractivity contribution in [1.82, 2.24) is 29.7 Å². The Morgan fingerprint density at radius 3 is 2.50 bits per heavy atom. The van der Waals surface area contributed by atoms with Gasteiger partial charge in [-0.15, -0.1) is 0 Å². The highest BCUT2D eigenvalue weighted by molar-refractivity contribution is 8.24. The second-order valence-corrected chi connectivity index (χ2v) is 12.2. The number of aliphatic hydroxyl groups is 2. The number of fused-ring (bicyclic) bond motifs is 1. The Balaban J connectivity index is 1.38. The van der Waals surface area contributed by atoms with E-state index in [0.29, 0.717) is 47.2 Å². The number of rotatable bonds is 4. The molecule has 2 fully saturated rings.